The SMILES string of the molecule is CNc1ccc([N+](=O)[O-])cc1CN1CC2CCC(C1)O2. The van der Waals surface area contributed by atoms with Crippen LogP contribution in [-0.2, 0) is 11.3 Å². The summed E-state index contributed by atoms with van der Waals surface area (Å²) in [6.45, 7) is 2.57. The number of morpholine rings is 1. The Labute approximate surface area is 117 Å². The van der Waals surface area contributed by atoms with Crippen molar-refractivity contribution in [3.8, 4) is 0 Å². The van der Waals surface area contributed by atoms with Crippen molar-refractivity contribution in [1.29, 1.82) is 0 Å². The van der Waals surface area contributed by atoms with Crippen LogP contribution in [0, 0.1) is 10.1 Å². The van der Waals surface area contributed by atoms with Crippen LogP contribution in [0.3, 0.4) is 0 Å². The number of hydrogen-bond donors (Lipinski definition) is 1. The van der Waals surface area contributed by atoms with E-state index in [4.69, 9.17) is 4.74 Å². The summed E-state index contributed by atoms with van der Waals surface area (Å²) in [7, 11) is 1.84. The van der Waals surface area contributed by atoms with Crippen molar-refractivity contribution in [3.05, 3.63) is 33.9 Å². The second kappa shape index (κ2) is 5.38. The van der Waals surface area contributed by atoms with E-state index in [1.165, 1.54) is 0 Å². The smallest absolute Gasteiger partial charge is 0.269 e. The van der Waals surface area contributed by atoms with Crippen molar-refractivity contribution < 1.29 is 9.66 Å². The average Bonchev–Trinajstić information content (AvgIpc) is 2.78. The van der Waals surface area contributed by atoms with Gasteiger partial charge in [-0.1, -0.05) is 0 Å². The maximum atomic E-state index is 10.9. The van der Waals surface area contributed by atoms with Crippen molar-refractivity contribution in [2.45, 2.75) is 31.6 Å². The molecule has 2 saturated heterocycles. The zero-order chi connectivity index (χ0) is 14.1. The number of non-ortho nitro benzene ring substituents is 1. The van der Waals surface area contributed by atoms with Crippen LogP contribution >= 0.6 is 0 Å². The van der Waals surface area contributed by atoms with Crippen LogP contribution in [0.15, 0.2) is 18.2 Å². The van der Waals surface area contributed by atoms with Crippen LogP contribution in [0.5, 0.6) is 0 Å². The highest BCUT2D eigenvalue weighted by Gasteiger charge is 2.33. The van der Waals surface area contributed by atoms with E-state index < -0.39 is 0 Å². The Morgan fingerprint density at radius 2 is 2.10 bits per heavy atom. The van der Waals surface area contributed by atoms with Crippen molar-refractivity contribution in [3.63, 3.8) is 0 Å². The molecule has 1 N–H and O–H groups in total. The Kier molecular flexibility index (Phi) is 3.58. The molecule has 0 spiro atoms. The van der Waals surface area contributed by atoms with E-state index in [0.717, 1.165) is 43.7 Å². The van der Waals surface area contributed by atoms with Gasteiger partial charge in [0.2, 0.25) is 0 Å². The van der Waals surface area contributed by atoms with Crippen molar-refractivity contribution in [2.75, 3.05) is 25.5 Å². The van der Waals surface area contributed by atoms with Gasteiger partial charge < -0.3 is 10.1 Å². The molecule has 1 aromatic rings. The van der Waals surface area contributed by atoms with Crippen LogP contribution in [0.2, 0.25) is 0 Å². The normalized spacial score (nSPS) is 25.6. The van der Waals surface area contributed by atoms with Gasteiger partial charge in [-0.3, -0.25) is 15.0 Å². The lowest BCUT2D eigenvalue weighted by Gasteiger charge is -2.32. The van der Waals surface area contributed by atoms with E-state index in [0.29, 0.717) is 12.2 Å². The first-order chi connectivity index (χ1) is 9.65. The molecule has 2 bridgehead atoms. The molecule has 6 nitrogen and oxygen atoms in total. The fraction of sp³-hybridized carbons (Fsp3) is 0.571. The van der Waals surface area contributed by atoms with Gasteiger partial charge in [0.05, 0.1) is 17.1 Å². The highest BCUT2D eigenvalue weighted by atomic mass is 16.6. The molecule has 0 radical (unpaired) electrons. The molecule has 20 heavy (non-hydrogen) atoms. The number of hydrogen-bond acceptors (Lipinski definition) is 5. The number of nitro benzene ring substituents is 1. The molecular formula is C14H19N3O3. The summed E-state index contributed by atoms with van der Waals surface area (Å²) in [4.78, 5) is 12.9. The number of benzene rings is 1. The quantitative estimate of drug-likeness (QED) is 0.673. The Morgan fingerprint density at radius 1 is 1.40 bits per heavy atom. The van der Waals surface area contributed by atoms with Crippen molar-refractivity contribution >= 4 is 11.4 Å². The first kappa shape index (κ1) is 13.3. The number of likely N-dealkylation sites (tertiary alicyclic amines) is 1. The number of anilines is 1. The van der Waals surface area contributed by atoms with Crippen LogP contribution < -0.4 is 5.32 Å². The molecular weight excluding hydrogens is 258 g/mol. The summed E-state index contributed by atoms with van der Waals surface area (Å²) in [5.41, 5.74) is 2.08. The first-order valence-electron chi connectivity index (χ1n) is 6.98. The first-order valence-corrected chi connectivity index (χ1v) is 6.98. The molecule has 0 aliphatic carbocycles. The fourth-order valence-electron chi connectivity index (χ4n) is 3.14. The molecule has 2 unspecified atom stereocenters. The van der Waals surface area contributed by atoms with Gasteiger partial charge in [-0.25, -0.2) is 0 Å². The van der Waals surface area contributed by atoms with Gasteiger partial charge in [0, 0.05) is 44.5 Å². The topological polar surface area (TPSA) is 67.6 Å². The lowest BCUT2D eigenvalue weighted by molar-refractivity contribution is -0.384. The summed E-state index contributed by atoms with van der Waals surface area (Å²) < 4.78 is 5.82. The lowest BCUT2D eigenvalue weighted by atomic mass is 10.1. The molecule has 0 aromatic heterocycles. The van der Waals surface area contributed by atoms with E-state index >= 15 is 0 Å². The molecule has 6 heteroatoms. The Hall–Kier alpha value is -1.66. The van der Waals surface area contributed by atoms with Gasteiger partial charge >= 0.3 is 0 Å². The maximum absolute atomic E-state index is 10.9. The molecule has 2 heterocycles. The minimum absolute atomic E-state index is 0.148. The molecule has 3 rings (SSSR count). The standard InChI is InChI=1S/C14H19N3O3/c1-15-14-5-2-11(17(18)19)6-10(14)7-16-8-12-3-4-13(9-16)20-12/h2,5-6,12-13,15H,3-4,7-9H2,1H3. The lowest BCUT2D eigenvalue weighted by Crippen LogP contribution is -2.42. The summed E-state index contributed by atoms with van der Waals surface area (Å²) in [5.74, 6) is 0. The minimum Gasteiger partial charge on any atom is -0.388 e. The largest absolute Gasteiger partial charge is 0.388 e. The van der Waals surface area contributed by atoms with E-state index in [1.54, 1.807) is 18.2 Å². The summed E-state index contributed by atoms with van der Waals surface area (Å²) in [6.07, 6.45) is 2.94. The molecule has 1 aromatic carbocycles. The molecule has 2 aliphatic heterocycles. The van der Waals surface area contributed by atoms with Crippen LogP contribution in [0.4, 0.5) is 11.4 Å². The number of nitrogens with one attached hydrogen (secondary N) is 1. The molecule has 2 fully saturated rings. The number of fused-ring (bicyclic) bond motifs is 2. The summed E-state index contributed by atoms with van der Waals surface area (Å²) >= 11 is 0. The summed E-state index contributed by atoms with van der Waals surface area (Å²) in [6, 6.07) is 4.99. The van der Waals surface area contributed by atoms with E-state index in [9.17, 15) is 10.1 Å². The van der Waals surface area contributed by atoms with Gasteiger partial charge in [0.1, 0.15) is 0 Å². The van der Waals surface area contributed by atoms with E-state index in [1.807, 2.05) is 7.05 Å². The van der Waals surface area contributed by atoms with Crippen LogP contribution in [0.25, 0.3) is 0 Å². The zero-order valence-electron chi connectivity index (χ0n) is 11.5. The van der Waals surface area contributed by atoms with Gasteiger partial charge in [0.15, 0.2) is 0 Å². The third-order valence-corrected chi connectivity index (χ3v) is 4.08. The predicted molar refractivity (Wildman–Crippen MR) is 75.8 cm³/mol. The number of nitrogens with zero attached hydrogens (tertiary/aromatic N) is 2. The van der Waals surface area contributed by atoms with Crippen LogP contribution in [0.1, 0.15) is 18.4 Å². The monoisotopic (exact) mass is 277 g/mol. The molecule has 0 amide bonds. The predicted octanol–water partition coefficient (Wildman–Crippen LogP) is 2.00. The molecule has 2 atom stereocenters. The molecule has 2 aliphatic rings. The highest BCUT2D eigenvalue weighted by Crippen LogP contribution is 2.29. The third-order valence-electron chi connectivity index (χ3n) is 4.08. The van der Waals surface area contributed by atoms with Gasteiger partial charge in [0.25, 0.3) is 5.69 Å². The fourth-order valence-corrected chi connectivity index (χ4v) is 3.14. The number of nitro groups is 1. The molecule has 0 saturated carbocycles. The van der Waals surface area contributed by atoms with Crippen LogP contribution in [-0.4, -0.2) is 42.2 Å². The average molecular weight is 277 g/mol. The molecule has 108 valence electrons. The summed E-state index contributed by atoms with van der Waals surface area (Å²) in [5, 5.41) is 14.0. The maximum Gasteiger partial charge on any atom is 0.269 e. The Morgan fingerprint density at radius 3 is 2.70 bits per heavy atom. The minimum atomic E-state index is -0.341. The Balaban J connectivity index is 1.78. The van der Waals surface area contributed by atoms with Gasteiger partial charge in [-0.2, -0.15) is 0 Å². The second-order valence-electron chi connectivity index (χ2n) is 5.50. The number of rotatable bonds is 4. The number of ether oxygens (including phenoxy) is 1. The van der Waals surface area contributed by atoms with Gasteiger partial charge in [-0.15, -0.1) is 0 Å². The third kappa shape index (κ3) is 2.62. The van der Waals surface area contributed by atoms with Gasteiger partial charge in [-0.05, 0) is 24.5 Å². The zero-order valence-corrected chi connectivity index (χ0v) is 11.5. The van der Waals surface area contributed by atoms with E-state index in [2.05, 4.69) is 10.2 Å². The van der Waals surface area contributed by atoms with Crippen molar-refractivity contribution in [2.24, 2.45) is 0 Å². The highest BCUT2D eigenvalue weighted by molar-refractivity contribution is 5.55. The van der Waals surface area contributed by atoms with E-state index in [-0.39, 0.29) is 10.6 Å². The second-order valence-corrected chi connectivity index (χ2v) is 5.50. The Bertz CT molecular complexity index is 508. The van der Waals surface area contributed by atoms with Crippen molar-refractivity contribution in [1.82, 2.24) is 4.90 Å².